The van der Waals surface area contributed by atoms with Gasteiger partial charge in [-0.25, -0.2) is 9.67 Å². The number of rotatable bonds is 4. The lowest BCUT2D eigenvalue weighted by Gasteiger charge is -2.35. The molecule has 4 heterocycles. The summed E-state index contributed by atoms with van der Waals surface area (Å²) >= 11 is 0. The summed E-state index contributed by atoms with van der Waals surface area (Å²) in [4.78, 5) is 13.1. The molecule has 0 radical (unpaired) electrons. The van der Waals surface area contributed by atoms with Crippen molar-refractivity contribution >= 4 is 11.8 Å². The van der Waals surface area contributed by atoms with E-state index in [1.54, 1.807) is 30.3 Å². The first-order valence-corrected chi connectivity index (χ1v) is 8.04. The Kier molecular flexibility index (Phi) is 4.11. The van der Waals surface area contributed by atoms with Gasteiger partial charge < -0.3 is 14.5 Å². The van der Waals surface area contributed by atoms with E-state index in [9.17, 15) is 0 Å². The average molecular weight is 338 g/mol. The molecule has 0 saturated carbocycles. The van der Waals surface area contributed by atoms with E-state index in [0.717, 1.165) is 32.0 Å². The van der Waals surface area contributed by atoms with Crippen LogP contribution < -0.4 is 14.5 Å². The van der Waals surface area contributed by atoms with Crippen molar-refractivity contribution in [3.8, 4) is 11.7 Å². The number of ether oxygens (including phenoxy) is 1. The van der Waals surface area contributed by atoms with Crippen LogP contribution in [0.3, 0.4) is 0 Å². The quantitative estimate of drug-likeness (QED) is 0.690. The first-order chi connectivity index (χ1) is 12.3. The molecule has 0 aliphatic carbocycles. The fourth-order valence-electron chi connectivity index (χ4n) is 2.75. The molecule has 0 bridgehead atoms. The van der Waals surface area contributed by atoms with Crippen LogP contribution >= 0.6 is 0 Å². The Morgan fingerprint density at radius 2 is 1.68 bits per heavy atom. The standard InChI is InChI=1S/C16H18N8O/c1-25-15-5-7-17-16(19-15)23-11-9-22(10-12-23)13-3-4-14(21-20-13)24-8-2-6-18-24/h2-8H,9-12H2,1H3. The largest absolute Gasteiger partial charge is 0.481 e. The van der Waals surface area contributed by atoms with Crippen molar-refractivity contribution in [2.24, 2.45) is 0 Å². The van der Waals surface area contributed by atoms with E-state index in [0.29, 0.717) is 17.6 Å². The fourth-order valence-corrected chi connectivity index (χ4v) is 2.75. The summed E-state index contributed by atoms with van der Waals surface area (Å²) in [6.45, 7) is 3.29. The number of piperazine rings is 1. The van der Waals surface area contributed by atoms with Crippen LogP contribution in [-0.4, -0.2) is 63.2 Å². The fraction of sp³-hybridized carbons (Fsp3) is 0.312. The number of methoxy groups -OCH3 is 1. The highest BCUT2D eigenvalue weighted by Gasteiger charge is 2.20. The second-order valence-electron chi connectivity index (χ2n) is 5.57. The summed E-state index contributed by atoms with van der Waals surface area (Å²) in [6.07, 6.45) is 5.28. The lowest BCUT2D eigenvalue weighted by molar-refractivity contribution is 0.396. The molecule has 1 aliphatic rings. The Bertz CT molecular complexity index is 812. The van der Waals surface area contributed by atoms with Gasteiger partial charge in [0.1, 0.15) is 0 Å². The molecule has 1 aliphatic heterocycles. The number of nitrogens with zero attached hydrogens (tertiary/aromatic N) is 8. The Morgan fingerprint density at radius 3 is 2.36 bits per heavy atom. The molecule has 0 amide bonds. The number of aromatic nitrogens is 6. The van der Waals surface area contributed by atoms with Gasteiger partial charge in [0.25, 0.3) is 0 Å². The van der Waals surface area contributed by atoms with Crippen LogP contribution in [0.1, 0.15) is 0 Å². The first kappa shape index (κ1) is 15.3. The summed E-state index contributed by atoms with van der Waals surface area (Å²) in [7, 11) is 1.61. The van der Waals surface area contributed by atoms with E-state index < -0.39 is 0 Å². The minimum absolute atomic E-state index is 0.576. The van der Waals surface area contributed by atoms with E-state index >= 15 is 0 Å². The van der Waals surface area contributed by atoms with Gasteiger partial charge in [-0.3, -0.25) is 0 Å². The zero-order valence-corrected chi connectivity index (χ0v) is 13.9. The third-order valence-corrected chi connectivity index (χ3v) is 4.09. The van der Waals surface area contributed by atoms with Gasteiger partial charge in [0.05, 0.1) is 7.11 Å². The van der Waals surface area contributed by atoms with Crippen molar-refractivity contribution in [1.82, 2.24) is 29.9 Å². The van der Waals surface area contributed by atoms with Gasteiger partial charge in [0.2, 0.25) is 11.8 Å². The van der Waals surface area contributed by atoms with Gasteiger partial charge in [-0.05, 0) is 18.2 Å². The van der Waals surface area contributed by atoms with Crippen LogP contribution in [0.5, 0.6) is 5.88 Å². The minimum Gasteiger partial charge on any atom is -0.481 e. The normalized spacial score (nSPS) is 14.6. The predicted octanol–water partition coefficient (Wildman–Crippen LogP) is 0.787. The van der Waals surface area contributed by atoms with Gasteiger partial charge in [-0.1, -0.05) is 0 Å². The Hall–Kier alpha value is -3.23. The zero-order chi connectivity index (χ0) is 17.1. The molecule has 0 atom stereocenters. The summed E-state index contributed by atoms with van der Waals surface area (Å²) in [6, 6.07) is 7.50. The molecule has 0 N–H and O–H groups in total. The van der Waals surface area contributed by atoms with Crippen molar-refractivity contribution in [3.05, 3.63) is 42.9 Å². The smallest absolute Gasteiger partial charge is 0.228 e. The Morgan fingerprint density at radius 1 is 0.920 bits per heavy atom. The highest BCUT2D eigenvalue weighted by atomic mass is 16.5. The third kappa shape index (κ3) is 3.21. The van der Waals surface area contributed by atoms with Crippen molar-refractivity contribution in [1.29, 1.82) is 0 Å². The van der Waals surface area contributed by atoms with Gasteiger partial charge >= 0.3 is 0 Å². The molecule has 25 heavy (non-hydrogen) atoms. The molecule has 3 aromatic heterocycles. The molecule has 1 fully saturated rings. The molecule has 9 heteroatoms. The molecule has 1 saturated heterocycles. The van der Waals surface area contributed by atoms with E-state index in [1.807, 2.05) is 24.4 Å². The Labute approximate surface area is 144 Å². The molecule has 3 aromatic rings. The molecule has 0 unspecified atom stereocenters. The topological polar surface area (TPSA) is 85.1 Å². The maximum atomic E-state index is 5.16. The van der Waals surface area contributed by atoms with Crippen LogP contribution in [0.4, 0.5) is 11.8 Å². The van der Waals surface area contributed by atoms with Crippen molar-refractivity contribution in [2.75, 3.05) is 43.1 Å². The van der Waals surface area contributed by atoms with Gasteiger partial charge in [-0.2, -0.15) is 10.1 Å². The Balaban J connectivity index is 1.41. The second kappa shape index (κ2) is 6.71. The van der Waals surface area contributed by atoms with Crippen LogP contribution in [0.15, 0.2) is 42.9 Å². The van der Waals surface area contributed by atoms with Crippen LogP contribution in [0, 0.1) is 0 Å². The number of anilines is 2. The van der Waals surface area contributed by atoms with E-state index in [4.69, 9.17) is 4.74 Å². The zero-order valence-electron chi connectivity index (χ0n) is 13.9. The van der Waals surface area contributed by atoms with Crippen molar-refractivity contribution in [2.45, 2.75) is 0 Å². The molecule has 0 spiro atoms. The molecule has 0 aromatic carbocycles. The molecular weight excluding hydrogens is 320 g/mol. The molecular formula is C16H18N8O. The molecule has 128 valence electrons. The highest BCUT2D eigenvalue weighted by Crippen LogP contribution is 2.18. The molecule has 4 rings (SSSR count). The van der Waals surface area contributed by atoms with Crippen LogP contribution in [0.2, 0.25) is 0 Å². The van der Waals surface area contributed by atoms with Crippen LogP contribution in [-0.2, 0) is 0 Å². The van der Waals surface area contributed by atoms with E-state index in [-0.39, 0.29) is 0 Å². The number of hydrogen-bond acceptors (Lipinski definition) is 8. The maximum absolute atomic E-state index is 5.16. The summed E-state index contributed by atoms with van der Waals surface area (Å²) < 4.78 is 6.85. The average Bonchev–Trinajstić information content (AvgIpc) is 3.23. The van der Waals surface area contributed by atoms with Crippen LogP contribution in [0.25, 0.3) is 5.82 Å². The summed E-state index contributed by atoms with van der Waals surface area (Å²) in [5, 5.41) is 12.7. The van der Waals surface area contributed by atoms with Gasteiger partial charge in [0.15, 0.2) is 11.6 Å². The SMILES string of the molecule is COc1ccnc(N2CCN(c3ccc(-n4cccn4)nn3)CC2)n1. The second-order valence-corrected chi connectivity index (χ2v) is 5.57. The minimum atomic E-state index is 0.576. The third-order valence-electron chi connectivity index (χ3n) is 4.09. The van der Waals surface area contributed by atoms with E-state index in [2.05, 4.69) is 35.1 Å². The summed E-state index contributed by atoms with van der Waals surface area (Å²) in [5.74, 6) is 2.84. The van der Waals surface area contributed by atoms with Gasteiger partial charge in [-0.15, -0.1) is 10.2 Å². The summed E-state index contributed by atoms with van der Waals surface area (Å²) in [5.41, 5.74) is 0. The van der Waals surface area contributed by atoms with Gasteiger partial charge in [0, 0.05) is 50.8 Å². The maximum Gasteiger partial charge on any atom is 0.228 e. The predicted molar refractivity (Wildman–Crippen MR) is 92.2 cm³/mol. The number of hydrogen-bond donors (Lipinski definition) is 0. The highest BCUT2D eigenvalue weighted by molar-refractivity contribution is 5.43. The van der Waals surface area contributed by atoms with Crippen molar-refractivity contribution in [3.63, 3.8) is 0 Å². The molecule has 9 nitrogen and oxygen atoms in total. The van der Waals surface area contributed by atoms with E-state index in [1.165, 1.54) is 0 Å². The van der Waals surface area contributed by atoms with Crippen molar-refractivity contribution < 1.29 is 4.74 Å². The monoisotopic (exact) mass is 338 g/mol. The first-order valence-electron chi connectivity index (χ1n) is 8.04. The lowest BCUT2D eigenvalue weighted by Crippen LogP contribution is -2.47. The lowest BCUT2D eigenvalue weighted by atomic mass is 10.3.